The number of carbonyl (C=O) groups excluding carboxylic acids is 1. The van der Waals surface area contributed by atoms with E-state index in [1.807, 2.05) is 0 Å². The maximum Gasteiger partial charge on any atom is 0.148 e. The third-order valence-corrected chi connectivity index (χ3v) is 2.23. The minimum absolute atomic E-state index is 0.0575. The van der Waals surface area contributed by atoms with E-state index in [0.717, 1.165) is 0 Å². The van der Waals surface area contributed by atoms with Gasteiger partial charge in [0, 0.05) is 6.42 Å². The third kappa shape index (κ3) is 7.44. The smallest absolute Gasteiger partial charge is 0.148 e. The van der Waals surface area contributed by atoms with Crippen LogP contribution in [0.4, 0.5) is 0 Å². The van der Waals surface area contributed by atoms with Gasteiger partial charge in [-0.05, 0) is 19.3 Å². The zero-order valence-corrected chi connectivity index (χ0v) is 8.91. The van der Waals surface area contributed by atoms with Crippen LogP contribution in [0.25, 0.3) is 0 Å². The van der Waals surface area contributed by atoms with Gasteiger partial charge >= 0.3 is 0 Å². The molecule has 0 aromatic rings. The molecule has 5 heteroatoms. The Morgan fingerprint density at radius 3 is 1.87 bits per heavy atom. The average Bonchev–Trinajstić information content (AvgIpc) is 2.16. The van der Waals surface area contributed by atoms with Crippen molar-refractivity contribution in [3.63, 3.8) is 0 Å². The van der Waals surface area contributed by atoms with Gasteiger partial charge in [0.1, 0.15) is 12.4 Å². The zero-order chi connectivity index (χ0) is 11.8. The average molecular weight is 220 g/mol. The minimum Gasteiger partial charge on any atom is -0.393 e. The predicted molar refractivity (Wildman–Crippen MR) is 54.2 cm³/mol. The lowest BCUT2D eigenvalue weighted by Gasteiger charge is -2.18. The highest BCUT2D eigenvalue weighted by molar-refractivity contribution is 5.55. The van der Waals surface area contributed by atoms with Gasteiger partial charge in [-0.2, -0.15) is 0 Å². The van der Waals surface area contributed by atoms with Gasteiger partial charge in [-0.1, -0.05) is 6.92 Å². The van der Waals surface area contributed by atoms with E-state index in [-0.39, 0.29) is 19.3 Å². The van der Waals surface area contributed by atoms with Crippen LogP contribution >= 0.6 is 0 Å². The number of rotatable bonds is 8. The van der Waals surface area contributed by atoms with Crippen molar-refractivity contribution in [3.05, 3.63) is 0 Å². The van der Waals surface area contributed by atoms with Crippen molar-refractivity contribution in [2.75, 3.05) is 0 Å². The summed E-state index contributed by atoms with van der Waals surface area (Å²) in [5.74, 6) is 0. The van der Waals surface area contributed by atoms with Crippen LogP contribution < -0.4 is 0 Å². The summed E-state index contributed by atoms with van der Waals surface area (Å²) in [4.78, 5) is 10.1. The Hall–Kier alpha value is -0.490. The molecule has 90 valence electrons. The first-order chi connectivity index (χ1) is 6.99. The number of hydrogen-bond donors (Lipinski definition) is 4. The fourth-order valence-corrected chi connectivity index (χ4v) is 1.32. The molecule has 4 unspecified atom stereocenters. The lowest BCUT2D eigenvalue weighted by atomic mass is 10.0. The molecule has 5 nitrogen and oxygen atoms in total. The quantitative estimate of drug-likeness (QED) is 0.402. The first kappa shape index (κ1) is 14.5. The monoisotopic (exact) mass is 220 g/mol. The van der Waals surface area contributed by atoms with Crippen LogP contribution in [-0.2, 0) is 4.79 Å². The van der Waals surface area contributed by atoms with Crippen molar-refractivity contribution in [3.8, 4) is 0 Å². The lowest BCUT2D eigenvalue weighted by molar-refractivity contribution is -0.116. The Morgan fingerprint density at radius 2 is 1.40 bits per heavy atom. The van der Waals surface area contributed by atoms with Crippen molar-refractivity contribution in [1.29, 1.82) is 0 Å². The number of hydrogen-bond acceptors (Lipinski definition) is 5. The van der Waals surface area contributed by atoms with Crippen LogP contribution in [0.5, 0.6) is 0 Å². The van der Waals surface area contributed by atoms with Gasteiger partial charge in [-0.15, -0.1) is 0 Å². The van der Waals surface area contributed by atoms with Crippen molar-refractivity contribution in [2.24, 2.45) is 0 Å². The van der Waals surface area contributed by atoms with Gasteiger partial charge in [0.15, 0.2) is 0 Å². The predicted octanol–water partition coefficient (Wildman–Crippen LogP) is -0.791. The van der Waals surface area contributed by atoms with E-state index in [4.69, 9.17) is 5.11 Å². The highest BCUT2D eigenvalue weighted by atomic mass is 16.3. The maximum atomic E-state index is 10.1. The Balaban J connectivity index is 3.75. The van der Waals surface area contributed by atoms with Crippen molar-refractivity contribution >= 4 is 6.29 Å². The van der Waals surface area contributed by atoms with E-state index in [0.29, 0.717) is 12.7 Å². The number of aliphatic hydroxyl groups is 4. The van der Waals surface area contributed by atoms with Crippen LogP contribution in [0.15, 0.2) is 0 Å². The fourth-order valence-electron chi connectivity index (χ4n) is 1.32. The largest absolute Gasteiger partial charge is 0.393 e. The number of carbonyl (C=O) groups is 1. The molecule has 0 fully saturated rings. The van der Waals surface area contributed by atoms with Gasteiger partial charge in [0.25, 0.3) is 0 Å². The summed E-state index contributed by atoms with van der Waals surface area (Å²) in [6.07, 6.45) is -2.44. The third-order valence-electron chi connectivity index (χ3n) is 2.23. The van der Waals surface area contributed by atoms with Crippen LogP contribution in [0.3, 0.4) is 0 Å². The molecule has 0 heterocycles. The van der Waals surface area contributed by atoms with Gasteiger partial charge in [-0.3, -0.25) is 0 Å². The molecule has 4 atom stereocenters. The number of aldehydes is 1. The summed E-state index contributed by atoms with van der Waals surface area (Å²) in [6, 6.07) is 0. The normalized spacial score (nSPS) is 19.3. The minimum atomic E-state index is -1.19. The second-order valence-corrected chi connectivity index (χ2v) is 3.78. The first-order valence-corrected chi connectivity index (χ1v) is 5.17. The Morgan fingerprint density at radius 1 is 0.933 bits per heavy atom. The summed E-state index contributed by atoms with van der Waals surface area (Å²) in [7, 11) is 0. The molecule has 0 rings (SSSR count). The second kappa shape index (κ2) is 7.76. The van der Waals surface area contributed by atoms with E-state index < -0.39 is 24.4 Å². The van der Waals surface area contributed by atoms with E-state index in [9.17, 15) is 20.1 Å². The Bertz CT molecular complexity index is 173. The maximum absolute atomic E-state index is 10.1. The molecule has 4 N–H and O–H groups in total. The molecule has 0 spiro atoms. The molecule has 0 aliphatic heterocycles. The van der Waals surface area contributed by atoms with E-state index >= 15 is 0 Å². The van der Waals surface area contributed by atoms with Gasteiger partial charge in [-0.25, -0.2) is 0 Å². The summed E-state index contributed by atoms with van der Waals surface area (Å²) < 4.78 is 0. The highest BCUT2D eigenvalue weighted by Crippen LogP contribution is 2.10. The van der Waals surface area contributed by atoms with E-state index in [2.05, 4.69) is 0 Å². The molecular formula is C10H20O5. The molecule has 0 amide bonds. The molecule has 0 saturated carbocycles. The van der Waals surface area contributed by atoms with Crippen molar-refractivity contribution in [1.82, 2.24) is 0 Å². The molecule has 0 radical (unpaired) electrons. The van der Waals surface area contributed by atoms with Gasteiger partial charge in [0.05, 0.1) is 18.3 Å². The molecule has 0 aliphatic rings. The SMILES string of the molecule is CCC(O)CC(O)CC(O)CC(O)C=O. The Kier molecular flexibility index (Phi) is 7.50. The molecule has 0 bridgehead atoms. The molecule has 15 heavy (non-hydrogen) atoms. The molecule has 0 aliphatic carbocycles. The van der Waals surface area contributed by atoms with Crippen LogP contribution in [-0.4, -0.2) is 51.1 Å². The molecular weight excluding hydrogens is 200 g/mol. The molecule has 0 saturated heterocycles. The Labute approximate surface area is 89.4 Å². The zero-order valence-electron chi connectivity index (χ0n) is 8.91. The topological polar surface area (TPSA) is 98.0 Å². The summed E-state index contributed by atoms with van der Waals surface area (Å²) in [5, 5.41) is 36.9. The fraction of sp³-hybridized carbons (Fsp3) is 0.900. The standard InChI is InChI=1S/C10H20O5/c1-2-7(12)3-8(13)4-9(14)5-10(15)6-11/h6-10,12-15H,2-5H2,1H3. The van der Waals surface area contributed by atoms with Crippen molar-refractivity contribution in [2.45, 2.75) is 57.0 Å². The van der Waals surface area contributed by atoms with Crippen LogP contribution in [0, 0.1) is 0 Å². The summed E-state index contributed by atoms with van der Waals surface area (Å²) >= 11 is 0. The first-order valence-electron chi connectivity index (χ1n) is 5.17. The van der Waals surface area contributed by atoms with E-state index in [1.165, 1.54) is 0 Å². The van der Waals surface area contributed by atoms with Gasteiger partial charge < -0.3 is 25.2 Å². The van der Waals surface area contributed by atoms with Crippen LogP contribution in [0.2, 0.25) is 0 Å². The summed E-state index contributed by atoms with van der Waals surface area (Å²) in [6.45, 7) is 1.80. The molecule has 0 aromatic carbocycles. The summed E-state index contributed by atoms with van der Waals surface area (Å²) in [5.41, 5.74) is 0. The lowest BCUT2D eigenvalue weighted by Crippen LogP contribution is -2.26. The molecule has 0 aromatic heterocycles. The van der Waals surface area contributed by atoms with E-state index in [1.54, 1.807) is 6.92 Å². The number of aliphatic hydroxyl groups excluding tert-OH is 4. The van der Waals surface area contributed by atoms with Gasteiger partial charge in [0.2, 0.25) is 0 Å². The van der Waals surface area contributed by atoms with Crippen molar-refractivity contribution < 1.29 is 25.2 Å². The second-order valence-electron chi connectivity index (χ2n) is 3.78. The highest BCUT2D eigenvalue weighted by Gasteiger charge is 2.17. The van der Waals surface area contributed by atoms with Crippen LogP contribution in [0.1, 0.15) is 32.6 Å².